The van der Waals surface area contributed by atoms with Crippen LogP contribution in [0.5, 0.6) is 0 Å². The molecule has 0 aliphatic carbocycles. The molecule has 8 heteroatoms. The fourth-order valence-corrected chi connectivity index (χ4v) is 10.2. The minimum atomic E-state index is -0.337. The van der Waals surface area contributed by atoms with Crippen molar-refractivity contribution in [3.05, 3.63) is 69.9 Å². The minimum Gasteiger partial charge on any atom is -0.512 e. The maximum atomic E-state index is 12.2. The van der Waals surface area contributed by atoms with Gasteiger partial charge in [0.25, 0.3) is 0 Å². The van der Waals surface area contributed by atoms with Gasteiger partial charge in [0.1, 0.15) is 12.1 Å². The molecule has 2 aromatic carbocycles. The third kappa shape index (κ3) is 8.27. The molecule has 6 rings (SSSR count). The van der Waals surface area contributed by atoms with E-state index in [0.29, 0.717) is 5.92 Å². The number of carbonyl (C=O) groups excluding carboxylic acids is 1. The first-order valence-electron chi connectivity index (χ1n) is 18.5. The zero-order valence-corrected chi connectivity index (χ0v) is 37.8. The van der Waals surface area contributed by atoms with Crippen molar-refractivity contribution < 1.29 is 30.0 Å². The van der Waals surface area contributed by atoms with Crippen molar-refractivity contribution in [3.8, 4) is 11.3 Å². The van der Waals surface area contributed by atoms with Crippen molar-refractivity contribution in [2.45, 2.75) is 121 Å². The van der Waals surface area contributed by atoms with Gasteiger partial charge in [0.2, 0.25) is 0 Å². The molecule has 6 aromatic rings. The third-order valence-electron chi connectivity index (χ3n) is 11.1. The number of nitrogens with zero attached hydrogens (tertiary/aromatic N) is 2. The Labute approximate surface area is 336 Å². The van der Waals surface area contributed by atoms with Crippen LogP contribution >= 0.6 is 34.0 Å². The van der Waals surface area contributed by atoms with Crippen LogP contribution < -0.4 is 0 Å². The zero-order chi connectivity index (χ0) is 37.5. The van der Waals surface area contributed by atoms with Gasteiger partial charge >= 0.3 is 0 Å². The summed E-state index contributed by atoms with van der Waals surface area (Å²) < 4.78 is 5.13. The van der Waals surface area contributed by atoms with Crippen LogP contribution in [0.3, 0.4) is 0 Å². The molecule has 0 bridgehead atoms. The van der Waals surface area contributed by atoms with E-state index in [-0.39, 0.29) is 47.9 Å². The van der Waals surface area contributed by atoms with Gasteiger partial charge in [-0.25, -0.2) is 4.98 Å². The average Bonchev–Trinajstić information content (AvgIpc) is 3.80. The molecule has 0 spiro atoms. The molecule has 4 aromatic heterocycles. The number of thiophene rings is 3. The SMILES string of the molecule is CCC(C)(CC)C(=O)/C=C(\O)C(C)(CC)CC.Cc1c(CC(C)C)sc2cc3c(cc12)sc1c(-c2[c-]c4ccsc4c(C(C)(C)C)c2)ncnc13.[Ir]. The van der Waals surface area contributed by atoms with Gasteiger partial charge in [-0.2, -0.15) is 11.3 Å². The fraction of sp³-hybridized carbons (Fsp3) is 0.477. The van der Waals surface area contributed by atoms with Crippen LogP contribution in [0, 0.1) is 29.7 Å². The number of ketones is 1. The molecule has 0 atom stereocenters. The van der Waals surface area contributed by atoms with Gasteiger partial charge in [-0.3, -0.25) is 9.78 Å². The van der Waals surface area contributed by atoms with Crippen LogP contribution in [0.15, 0.2) is 47.8 Å². The Bertz CT molecular complexity index is 2220. The van der Waals surface area contributed by atoms with Crippen molar-refractivity contribution in [3.63, 3.8) is 0 Å². The number of aromatic nitrogens is 2. The predicted octanol–water partition coefficient (Wildman–Crippen LogP) is 14.2. The monoisotopic (exact) mass is 932 g/mol. The number of fused-ring (bicyclic) bond motifs is 5. The Kier molecular flexibility index (Phi) is 13.4. The van der Waals surface area contributed by atoms with E-state index < -0.39 is 0 Å². The zero-order valence-electron chi connectivity index (χ0n) is 33.0. The number of hydrogen-bond acceptors (Lipinski definition) is 7. The van der Waals surface area contributed by atoms with Gasteiger partial charge in [-0.05, 0) is 83.5 Å². The minimum absolute atomic E-state index is 0. The summed E-state index contributed by atoms with van der Waals surface area (Å²) in [5.41, 5.74) is 5.35. The first kappa shape index (κ1) is 42.3. The molecule has 1 radical (unpaired) electrons. The summed E-state index contributed by atoms with van der Waals surface area (Å²) in [5, 5.41) is 16.1. The predicted molar refractivity (Wildman–Crippen MR) is 225 cm³/mol. The Morgan fingerprint density at radius 1 is 0.885 bits per heavy atom. The molecule has 4 nitrogen and oxygen atoms in total. The molecule has 4 heterocycles. The maximum Gasteiger partial charge on any atom is 0.164 e. The molecule has 281 valence electrons. The number of hydrogen-bond donors (Lipinski definition) is 1. The molecule has 0 aliphatic heterocycles. The molecule has 0 amide bonds. The van der Waals surface area contributed by atoms with Gasteiger partial charge in [0.05, 0.1) is 5.52 Å². The first-order chi connectivity index (χ1) is 24.0. The number of aliphatic hydroxyl groups is 1. The van der Waals surface area contributed by atoms with Gasteiger partial charge in [0.15, 0.2) is 5.78 Å². The van der Waals surface area contributed by atoms with E-state index in [0.717, 1.165) is 53.6 Å². The Hall–Kier alpha value is -2.48. The van der Waals surface area contributed by atoms with Crippen LogP contribution in [0.2, 0.25) is 0 Å². The number of benzene rings is 2. The van der Waals surface area contributed by atoms with Crippen molar-refractivity contribution in [1.29, 1.82) is 0 Å². The van der Waals surface area contributed by atoms with E-state index in [1.165, 1.54) is 52.3 Å². The van der Waals surface area contributed by atoms with E-state index in [1.807, 2.05) is 64.2 Å². The number of rotatable bonds is 10. The molecule has 0 fully saturated rings. The Morgan fingerprint density at radius 2 is 1.50 bits per heavy atom. The molecule has 52 heavy (non-hydrogen) atoms. The van der Waals surface area contributed by atoms with E-state index in [2.05, 4.69) is 77.3 Å². The van der Waals surface area contributed by atoms with E-state index in [4.69, 9.17) is 9.97 Å². The summed E-state index contributed by atoms with van der Waals surface area (Å²) >= 11 is 5.56. The number of carbonyl (C=O) groups is 1. The summed E-state index contributed by atoms with van der Waals surface area (Å²) in [5.74, 6) is 0.951. The van der Waals surface area contributed by atoms with Crippen molar-refractivity contribution >= 4 is 80.3 Å². The van der Waals surface area contributed by atoms with E-state index in [9.17, 15) is 9.90 Å². The second-order valence-electron chi connectivity index (χ2n) is 16.0. The quantitative estimate of drug-likeness (QED) is 0.0844. The van der Waals surface area contributed by atoms with E-state index in [1.54, 1.807) is 17.7 Å². The van der Waals surface area contributed by atoms with Crippen LogP contribution in [-0.2, 0) is 36.7 Å². The Morgan fingerprint density at radius 3 is 2.10 bits per heavy atom. The van der Waals surface area contributed by atoms with Gasteiger partial charge in [-0.1, -0.05) is 87.3 Å². The molecule has 0 unspecified atom stereocenters. The first-order valence-corrected chi connectivity index (χ1v) is 21.0. The summed E-state index contributed by atoms with van der Waals surface area (Å²) in [6.07, 6.45) is 7.62. The summed E-state index contributed by atoms with van der Waals surface area (Å²) in [4.78, 5) is 23.2. The largest absolute Gasteiger partial charge is 0.512 e. The summed E-state index contributed by atoms with van der Waals surface area (Å²) in [6, 6.07) is 12.9. The average molecular weight is 932 g/mol. The maximum absolute atomic E-state index is 12.2. The molecular formula is C44H55IrN2O2S3-. The van der Waals surface area contributed by atoms with E-state index >= 15 is 0 Å². The van der Waals surface area contributed by atoms with Crippen molar-refractivity contribution in [2.75, 3.05) is 0 Å². The molecule has 0 aliphatic rings. The van der Waals surface area contributed by atoms with Crippen LogP contribution in [0.1, 0.15) is 118 Å². The summed E-state index contributed by atoms with van der Waals surface area (Å²) in [6.45, 7) is 25.8. The second-order valence-corrected chi connectivity index (χ2v) is 19.1. The van der Waals surface area contributed by atoms with Crippen LogP contribution in [0.4, 0.5) is 0 Å². The van der Waals surface area contributed by atoms with Gasteiger partial charge < -0.3 is 5.11 Å². The number of aliphatic hydroxyl groups excluding tert-OH is 1. The van der Waals surface area contributed by atoms with Crippen molar-refractivity contribution in [1.82, 2.24) is 9.97 Å². The van der Waals surface area contributed by atoms with Crippen LogP contribution in [0.25, 0.3) is 51.7 Å². The number of aryl methyl sites for hydroxylation is 1. The van der Waals surface area contributed by atoms with Crippen molar-refractivity contribution in [2.24, 2.45) is 16.7 Å². The summed E-state index contributed by atoms with van der Waals surface area (Å²) in [7, 11) is 0. The molecular weight excluding hydrogens is 877 g/mol. The smallest absolute Gasteiger partial charge is 0.164 e. The second kappa shape index (κ2) is 16.5. The fourth-order valence-electron chi connectivity index (χ4n) is 6.47. The normalized spacial score (nSPS) is 12.9. The number of allylic oxidation sites excluding steroid dienone is 2. The van der Waals surface area contributed by atoms with Crippen LogP contribution in [-0.4, -0.2) is 20.9 Å². The van der Waals surface area contributed by atoms with Gasteiger partial charge in [-0.15, -0.1) is 46.3 Å². The molecule has 0 saturated carbocycles. The standard InChI is InChI=1S/C29H27N2S3.C15H28O2.Ir/c1-15(2)9-22-16(3)19-12-24-20(13-23(19)33-22)26-28(34-24)25(30-14-31-26)18-10-17-7-8-32-27(17)21(11-18)29(4,5)6;1-7-14(5,8-2)12(16)11-13(17)15(6,9-3)10-4;/h7-8,11-15H,9H2,1-6H3;11,16H,7-10H2,1-6H3;/q-1;;/b;12-11-;. The third-order valence-corrected chi connectivity index (χ3v) is 14.5. The molecule has 1 N–H and O–H groups in total. The Balaban J connectivity index is 0.000000289. The molecule has 0 saturated heterocycles. The van der Waals surface area contributed by atoms with Gasteiger partial charge in [0, 0.05) is 67.1 Å². The topological polar surface area (TPSA) is 63.1 Å².